The van der Waals surface area contributed by atoms with Crippen molar-refractivity contribution in [3.63, 3.8) is 0 Å². The summed E-state index contributed by atoms with van der Waals surface area (Å²) in [7, 11) is 0. The highest BCUT2D eigenvalue weighted by Gasteiger charge is 2.21. The topological polar surface area (TPSA) is 49.4 Å². The monoisotopic (exact) mass is 368 g/mol. The molecular formula is C21H24N2O2S. The van der Waals surface area contributed by atoms with Gasteiger partial charge in [-0.25, -0.2) is 0 Å². The van der Waals surface area contributed by atoms with Crippen LogP contribution in [0.3, 0.4) is 0 Å². The van der Waals surface area contributed by atoms with Gasteiger partial charge in [-0.15, -0.1) is 0 Å². The summed E-state index contributed by atoms with van der Waals surface area (Å²) in [6, 6.07) is 15.7. The first-order valence-corrected chi connectivity index (χ1v) is 10.1. The van der Waals surface area contributed by atoms with Gasteiger partial charge in [-0.05, 0) is 48.7 Å². The van der Waals surface area contributed by atoms with Crippen LogP contribution in [-0.2, 0) is 10.5 Å². The highest BCUT2D eigenvalue weighted by atomic mass is 32.2. The van der Waals surface area contributed by atoms with Crippen molar-refractivity contribution < 1.29 is 9.59 Å². The molecule has 2 aromatic rings. The van der Waals surface area contributed by atoms with Crippen LogP contribution in [0.25, 0.3) is 0 Å². The highest BCUT2D eigenvalue weighted by molar-refractivity contribution is 7.98. The second-order valence-electron chi connectivity index (χ2n) is 6.43. The molecule has 0 aromatic heterocycles. The molecule has 136 valence electrons. The van der Waals surface area contributed by atoms with Crippen molar-refractivity contribution in [1.82, 2.24) is 5.32 Å². The molecule has 1 aliphatic rings. The summed E-state index contributed by atoms with van der Waals surface area (Å²) in [5, 5.41) is 2.96. The van der Waals surface area contributed by atoms with Crippen LogP contribution >= 0.6 is 11.8 Å². The molecule has 0 saturated carbocycles. The van der Waals surface area contributed by atoms with Crippen molar-refractivity contribution in [2.75, 3.05) is 23.7 Å². The molecule has 0 atom stereocenters. The Morgan fingerprint density at radius 2 is 1.92 bits per heavy atom. The first-order valence-electron chi connectivity index (χ1n) is 8.96. The van der Waals surface area contributed by atoms with Crippen molar-refractivity contribution >= 4 is 29.3 Å². The third-order valence-electron chi connectivity index (χ3n) is 4.57. The van der Waals surface area contributed by atoms with Gasteiger partial charge >= 0.3 is 0 Å². The number of thioether (sulfide) groups is 1. The number of rotatable bonds is 7. The zero-order valence-corrected chi connectivity index (χ0v) is 15.8. The lowest BCUT2D eigenvalue weighted by Gasteiger charge is -2.15. The molecule has 0 spiro atoms. The van der Waals surface area contributed by atoms with Gasteiger partial charge in [0.05, 0.1) is 0 Å². The van der Waals surface area contributed by atoms with E-state index in [2.05, 4.69) is 36.5 Å². The molecule has 26 heavy (non-hydrogen) atoms. The van der Waals surface area contributed by atoms with Crippen LogP contribution in [0.2, 0.25) is 0 Å². The Bertz CT molecular complexity index is 774. The summed E-state index contributed by atoms with van der Waals surface area (Å²) in [5.74, 6) is 1.93. The Kier molecular flexibility index (Phi) is 6.34. The number of amides is 2. The Morgan fingerprint density at radius 3 is 2.62 bits per heavy atom. The van der Waals surface area contributed by atoms with E-state index in [9.17, 15) is 9.59 Å². The maximum absolute atomic E-state index is 12.2. The van der Waals surface area contributed by atoms with Crippen LogP contribution in [0.5, 0.6) is 0 Å². The van der Waals surface area contributed by atoms with E-state index in [-0.39, 0.29) is 11.8 Å². The molecule has 5 heteroatoms. The van der Waals surface area contributed by atoms with Crippen LogP contribution in [0, 0.1) is 6.92 Å². The maximum atomic E-state index is 12.2. The zero-order valence-electron chi connectivity index (χ0n) is 15.0. The van der Waals surface area contributed by atoms with Crippen molar-refractivity contribution in [2.45, 2.75) is 25.5 Å². The Hall–Kier alpha value is -2.27. The van der Waals surface area contributed by atoms with Crippen molar-refractivity contribution in [3.05, 3.63) is 65.2 Å². The number of nitrogens with one attached hydrogen (secondary N) is 1. The predicted octanol–water partition coefficient (Wildman–Crippen LogP) is 3.79. The normalized spacial score (nSPS) is 13.9. The van der Waals surface area contributed by atoms with E-state index in [0.717, 1.165) is 30.2 Å². The van der Waals surface area contributed by atoms with Gasteiger partial charge in [-0.2, -0.15) is 11.8 Å². The van der Waals surface area contributed by atoms with Crippen LogP contribution in [0.1, 0.15) is 34.3 Å². The molecule has 2 amide bonds. The van der Waals surface area contributed by atoms with E-state index in [0.29, 0.717) is 18.5 Å². The molecule has 0 aliphatic carbocycles. The molecule has 3 rings (SSSR count). The Balaban J connectivity index is 1.42. The molecule has 1 aliphatic heterocycles. The summed E-state index contributed by atoms with van der Waals surface area (Å²) in [6.07, 6.45) is 1.52. The minimum Gasteiger partial charge on any atom is -0.351 e. The average Bonchev–Trinajstić information content (AvgIpc) is 3.09. The zero-order chi connectivity index (χ0) is 18.4. The number of benzene rings is 2. The SMILES string of the molecule is Cc1ccccc1CSCCNC(=O)c1ccc(N2CCCC2=O)cc1. The molecule has 1 heterocycles. The van der Waals surface area contributed by atoms with Crippen LogP contribution in [0.15, 0.2) is 48.5 Å². The lowest BCUT2D eigenvalue weighted by atomic mass is 10.1. The van der Waals surface area contributed by atoms with E-state index in [4.69, 9.17) is 0 Å². The number of anilines is 1. The largest absolute Gasteiger partial charge is 0.351 e. The average molecular weight is 369 g/mol. The smallest absolute Gasteiger partial charge is 0.251 e. The fraction of sp³-hybridized carbons (Fsp3) is 0.333. The number of hydrogen-bond donors (Lipinski definition) is 1. The summed E-state index contributed by atoms with van der Waals surface area (Å²) in [5.41, 5.74) is 4.15. The number of aryl methyl sites for hydroxylation is 1. The Morgan fingerprint density at radius 1 is 1.15 bits per heavy atom. The number of hydrogen-bond acceptors (Lipinski definition) is 3. The summed E-state index contributed by atoms with van der Waals surface area (Å²) in [4.78, 5) is 25.8. The van der Waals surface area contributed by atoms with Crippen molar-refractivity contribution in [3.8, 4) is 0 Å². The van der Waals surface area contributed by atoms with Gasteiger partial charge in [0.1, 0.15) is 0 Å². The van der Waals surface area contributed by atoms with E-state index in [1.807, 2.05) is 23.9 Å². The van der Waals surface area contributed by atoms with E-state index in [1.165, 1.54) is 11.1 Å². The lowest BCUT2D eigenvalue weighted by molar-refractivity contribution is -0.117. The van der Waals surface area contributed by atoms with Crippen LogP contribution in [-0.4, -0.2) is 30.7 Å². The first kappa shape index (κ1) is 18.5. The van der Waals surface area contributed by atoms with Crippen LogP contribution in [0.4, 0.5) is 5.69 Å². The molecule has 1 N–H and O–H groups in total. The molecule has 0 bridgehead atoms. The van der Waals surface area contributed by atoms with Gasteiger partial charge in [0.15, 0.2) is 0 Å². The minimum absolute atomic E-state index is 0.0687. The van der Waals surface area contributed by atoms with E-state index >= 15 is 0 Å². The van der Waals surface area contributed by atoms with Gasteiger partial charge in [0.25, 0.3) is 5.91 Å². The van der Waals surface area contributed by atoms with Crippen LogP contribution < -0.4 is 10.2 Å². The van der Waals surface area contributed by atoms with Gasteiger partial charge < -0.3 is 10.2 Å². The fourth-order valence-corrected chi connectivity index (χ4v) is 3.94. The van der Waals surface area contributed by atoms with Gasteiger partial charge in [-0.1, -0.05) is 24.3 Å². The Labute approximate surface area is 159 Å². The summed E-state index contributed by atoms with van der Waals surface area (Å²) in [6.45, 7) is 3.53. The quantitative estimate of drug-likeness (QED) is 0.757. The number of carbonyl (C=O) groups excluding carboxylic acids is 2. The molecule has 0 unspecified atom stereocenters. The number of carbonyl (C=O) groups is 2. The first-order chi connectivity index (χ1) is 12.6. The fourth-order valence-electron chi connectivity index (χ4n) is 3.01. The maximum Gasteiger partial charge on any atom is 0.251 e. The lowest BCUT2D eigenvalue weighted by Crippen LogP contribution is -2.26. The molecule has 2 aromatic carbocycles. The molecule has 1 saturated heterocycles. The van der Waals surface area contributed by atoms with Gasteiger partial charge in [-0.3, -0.25) is 9.59 Å². The van der Waals surface area contributed by atoms with Gasteiger partial charge in [0.2, 0.25) is 5.91 Å². The third-order valence-corrected chi connectivity index (χ3v) is 5.57. The molecule has 4 nitrogen and oxygen atoms in total. The molecule has 0 radical (unpaired) electrons. The van der Waals surface area contributed by atoms with Gasteiger partial charge in [0, 0.05) is 42.3 Å². The number of nitrogens with zero attached hydrogens (tertiary/aromatic N) is 1. The summed E-state index contributed by atoms with van der Waals surface area (Å²) < 4.78 is 0. The molecule has 1 fully saturated rings. The minimum atomic E-state index is -0.0687. The second-order valence-corrected chi connectivity index (χ2v) is 7.54. The predicted molar refractivity (Wildman–Crippen MR) is 108 cm³/mol. The summed E-state index contributed by atoms with van der Waals surface area (Å²) >= 11 is 1.82. The van der Waals surface area contributed by atoms with Crippen molar-refractivity contribution in [2.24, 2.45) is 0 Å². The molecular weight excluding hydrogens is 344 g/mol. The highest BCUT2D eigenvalue weighted by Crippen LogP contribution is 2.21. The van der Waals surface area contributed by atoms with E-state index in [1.54, 1.807) is 17.0 Å². The van der Waals surface area contributed by atoms with E-state index < -0.39 is 0 Å². The standard InChI is InChI=1S/C21H24N2O2S/c1-16-5-2-3-6-18(16)15-26-14-12-22-21(25)17-8-10-19(11-9-17)23-13-4-7-20(23)24/h2-3,5-6,8-11H,4,7,12-15H2,1H3,(H,22,25). The third kappa shape index (κ3) is 4.67. The van der Waals surface area contributed by atoms with Crippen molar-refractivity contribution in [1.29, 1.82) is 0 Å². The second kappa shape index (κ2) is 8.90.